The summed E-state index contributed by atoms with van der Waals surface area (Å²) in [6.45, 7) is 6.59. The van der Waals surface area contributed by atoms with Crippen molar-refractivity contribution in [3.05, 3.63) is 16.1 Å². The molecule has 0 spiro atoms. The van der Waals surface area contributed by atoms with Crippen molar-refractivity contribution in [3.8, 4) is 0 Å². The molecule has 116 valence electrons. The summed E-state index contributed by atoms with van der Waals surface area (Å²) >= 11 is 1.74. The molecular formula is C13H25IN4OS. The van der Waals surface area contributed by atoms with Gasteiger partial charge in [0.1, 0.15) is 0 Å². The maximum atomic E-state index is 4.98. The van der Waals surface area contributed by atoms with Gasteiger partial charge in [-0.1, -0.05) is 13.8 Å². The van der Waals surface area contributed by atoms with E-state index in [-0.39, 0.29) is 24.0 Å². The van der Waals surface area contributed by atoms with Gasteiger partial charge in [-0.15, -0.1) is 35.3 Å². The summed E-state index contributed by atoms with van der Waals surface area (Å²) in [4.78, 5) is 8.75. The zero-order valence-electron chi connectivity index (χ0n) is 12.6. The summed E-state index contributed by atoms with van der Waals surface area (Å²) in [5.74, 6) is 1.31. The molecular weight excluding hydrogens is 387 g/mol. The summed E-state index contributed by atoms with van der Waals surface area (Å²) in [5.41, 5.74) is 1.15. The number of rotatable bonds is 7. The Morgan fingerprint density at radius 3 is 2.65 bits per heavy atom. The van der Waals surface area contributed by atoms with Gasteiger partial charge in [0.15, 0.2) is 5.96 Å². The predicted octanol–water partition coefficient (Wildman–Crippen LogP) is 2.24. The average Bonchev–Trinajstić information content (AvgIpc) is 2.86. The normalized spacial score (nSPS) is 11.3. The zero-order valence-corrected chi connectivity index (χ0v) is 15.7. The average molecular weight is 412 g/mol. The molecule has 0 aliphatic rings. The highest BCUT2D eigenvalue weighted by Crippen LogP contribution is 2.19. The molecule has 0 aliphatic heterocycles. The quantitative estimate of drug-likeness (QED) is 0.312. The lowest BCUT2D eigenvalue weighted by Crippen LogP contribution is -2.39. The third-order valence-corrected chi connectivity index (χ3v) is 3.75. The highest BCUT2D eigenvalue weighted by Gasteiger charge is 2.05. The van der Waals surface area contributed by atoms with Crippen LogP contribution in [0.25, 0.3) is 0 Å². The molecule has 5 nitrogen and oxygen atoms in total. The van der Waals surface area contributed by atoms with Crippen molar-refractivity contribution in [3.63, 3.8) is 0 Å². The molecule has 0 bridgehead atoms. The van der Waals surface area contributed by atoms with Gasteiger partial charge in [0.05, 0.1) is 17.3 Å². The number of methoxy groups -OCH3 is 1. The van der Waals surface area contributed by atoms with Crippen LogP contribution in [-0.4, -0.2) is 44.8 Å². The molecule has 0 amide bonds. The number of hydrogen-bond donors (Lipinski definition) is 2. The summed E-state index contributed by atoms with van der Waals surface area (Å²) in [6, 6.07) is 0. The van der Waals surface area contributed by atoms with Crippen LogP contribution < -0.4 is 10.6 Å². The van der Waals surface area contributed by atoms with E-state index in [0.717, 1.165) is 31.2 Å². The Balaban J connectivity index is 0.00000361. The van der Waals surface area contributed by atoms with E-state index in [0.29, 0.717) is 12.5 Å². The number of aromatic nitrogens is 1. The van der Waals surface area contributed by atoms with Crippen LogP contribution in [0.2, 0.25) is 0 Å². The van der Waals surface area contributed by atoms with Crippen LogP contribution in [0.5, 0.6) is 0 Å². The molecule has 0 fully saturated rings. The fraction of sp³-hybridized carbons (Fsp3) is 0.692. The van der Waals surface area contributed by atoms with Crippen LogP contribution in [0, 0.1) is 0 Å². The van der Waals surface area contributed by atoms with Crippen LogP contribution in [0.15, 0.2) is 10.4 Å². The van der Waals surface area contributed by atoms with Crippen molar-refractivity contribution in [2.75, 3.05) is 33.9 Å². The van der Waals surface area contributed by atoms with Gasteiger partial charge in [-0.05, 0) is 0 Å². The smallest absolute Gasteiger partial charge is 0.191 e. The number of nitrogens with one attached hydrogen (secondary N) is 2. The number of ether oxygens (including phenoxy) is 1. The second kappa shape index (κ2) is 11.3. The molecule has 0 aliphatic carbocycles. The van der Waals surface area contributed by atoms with E-state index < -0.39 is 0 Å². The number of guanidine groups is 1. The first-order chi connectivity index (χ1) is 9.17. The molecule has 20 heavy (non-hydrogen) atoms. The van der Waals surface area contributed by atoms with Crippen molar-refractivity contribution in [2.24, 2.45) is 4.99 Å². The van der Waals surface area contributed by atoms with E-state index in [1.54, 1.807) is 25.5 Å². The standard InChI is InChI=1S/C13H24N4OS.HI/c1-10(2)12-17-11(9-19-12)5-6-15-13(14-3)16-7-8-18-4;/h9-10H,5-8H2,1-4H3,(H2,14,15,16);1H. The van der Waals surface area contributed by atoms with E-state index in [1.807, 2.05) is 0 Å². The largest absolute Gasteiger partial charge is 0.383 e. The Kier molecular flexibility index (Phi) is 11.0. The van der Waals surface area contributed by atoms with E-state index in [1.165, 1.54) is 5.01 Å². The summed E-state index contributed by atoms with van der Waals surface area (Å²) in [6.07, 6.45) is 0.911. The topological polar surface area (TPSA) is 58.5 Å². The number of halogens is 1. The monoisotopic (exact) mass is 412 g/mol. The lowest BCUT2D eigenvalue weighted by Gasteiger charge is -2.10. The molecule has 0 aromatic carbocycles. The van der Waals surface area contributed by atoms with Crippen LogP contribution in [0.3, 0.4) is 0 Å². The molecule has 0 unspecified atom stereocenters. The van der Waals surface area contributed by atoms with Crippen molar-refractivity contribution >= 4 is 41.3 Å². The number of aliphatic imine (C=N–C) groups is 1. The second-order valence-electron chi connectivity index (χ2n) is 4.50. The van der Waals surface area contributed by atoms with Gasteiger partial charge in [0.2, 0.25) is 0 Å². The van der Waals surface area contributed by atoms with Crippen LogP contribution in [0.4, 0.5) is 0 Å². The Bertz CT molecular complexity index is 395. The van der Waals surface area contributed by atoms with Gasteiger partial charge < -0.3 is 15.4 Å². The molecule has 0 radical (unpaired) electrons. The SMILES string of the molecule is CN=C(NCCOC)NCCc1csc(C(C)C)n1.I. The molecule has 7 heteroatoms. The highest BCUT2D eigenvalue weighted by atomic mass is 127. The number of hydrogen-bond acceptors (Lipinski definition) is 4. The summed E-state index contributed by atoms with van der Waals surface area (Å²) < 4.78 is 4.98. The first-order valence-electron chi connectivity index (χ1n) is 6.55. The van der Waals surface area contributed by atoms with Crippen molar-refractivity contribution in [1.29, 1.82) is 0 Å². The van der Waals surface area contributed by atoms with E-state index in [9.17, 15) is 0 Å². The minimum atomic E-state index is 0. The molecule has 1 aromatic heterocycles. The minimum Gasteiger partial charge on any atom is -0.383 e. The van der Waals surface area contributed by atoms with Crippen molar-refractivity contribution in [1.82, 2.24) is 15.6 Å². The lowest BCUT2D eigenvalue weighted by atomic mass is 10.2. The molecule has 0 atom stereocenters. The Morgan fingerprint density at radius 2 is 2.10 bits per heavy atom. The minimum absolute atomic E-state index is 0. The van der Waals surface area contributed by atoms with E-state index >= 15 is 0 Å². The molecule has 1 aromatic rings. The first kappa shape index (κ1) is 19.6. The number of thiazole rings is 1. The predicted molar refractivity (Wildman–Crippen MR) is 96.6 cm³/mol. The van der Waals surface area contributed by atoms with Crippen LogP contribution in [-0.2, 0) is 11.2 Å². The Labute approximate surface area is 142 Å². The van der Waals surface area contributed by atoms with Crippen LogP contribution in [0.1, 0.15) is 30.5 Å². The molecule has 0 saturated carbocycles. The molecule has 1 rings (SSSR count). The van der Waals surface area contributed by atoms with Crippen LogP contribution >= 0.6 is 35.3 Å². The van der Waals surface area contributed by atoms with E-state index in [2.05, 4.69) is 39.8 Å². The highest BCUT2D eigenvalue weighted by molar-refractivity contribution is 14.0. The van der Waals surface area contributed by atoms with Gasteiger partial charge in [-0.3, -0.25) is 4.99 Å². The first-order valence-corrected chi connectivity index (χ1v) is 7.43. The fourth-order valence-corrected chi connectivity index (χ4v) is 2.37. The van der Waals surface area contributed by atoms with Crippen molar-refractivity contribution in [2.45, 2.75) is 26.2 Å². The van der Waals surface area contributed by atoms with E-state index in [4.69, 9.17) is 4.74 Å². The Hall–Kier alpha value is -0.410. The zero-order chi connectivity index (χ0) is 14.1. The van der Waals surface area contributed by atoms with Gasteiger partial charge in [-0.25, -0.2) is 4.98 Å². The molecule has 2 N–H and O–H groups in total. The van der Waals surface area contributed by atoms with Gasteiger partial charge in [0, 0.05) is 45.0 Å². The third-order valence-electron chi connectivity index (χ3n) is 2.56. The summed E-state index contributed by atoms with van der Waals surface area (Å²) in [7, 11) is 3.45. The molecule has 1 heterocycles. The molecule has 0 saturated heterocycles. The van der Waals surface area contributed by atoms with Gasteiger partial charge in [0.25, 0.3) is 0 Å². The fourth-order valence-electron chi connectivity index (χ4n) is 1.50. The second-order valence-corrected chi connectivity index (χ2v) is 5.39. The van der Waals surface area contributed by atoms with Crippen molar-refractivity contribution < 1.29 is 4.74 Å². The number of nitrogens with zero attached hydrogens (tertiary/aromatic N) is 2. The maximum absolute atomic E-state index is 4.98. The maximum Gasteiger partial charge on any atom is 0.191 e. The third kappa shape index (κ3) is 7.39. The van der Waals surface area contributed by atoms with Gasteiger partial charge in [-0.2, -0.15) is 0 Å². The Morgan fingerprint density at radius 1 is 1.40 bits per heavy atom. The summed E-state index contributed by atoms with van der Waals surface area (Å²) in [5, 5.41) is 9.78. The van der Waals surface area contributed by atoms with Gasteiger partial charge >= 0.3 is 0 Å². The lowest BCUT2D eigenvalue weighted by molar-refractivity contribution is 0.203.